The molecule has 4 aliphatic rings. The summed E-state index contributed by atoms with van der Waals surface area (Å²) in [5.41, 5.74) is 2.14. The van der Waals surface area contributed by atoms with Crippen LogP contribution >= 0.6 is 0 Å². The Morgan fingerprint density at radius 1 is 0.861 bits per heavy atom. The number of aromatic nitrogens is 2. The average Bonchev–Trinajstić information content (AvgIpc) is 3.46. The van der Waals surface area contributed by atoms with Crippen LogP contribution in [0.3, 0.4) is 0 Å². The molecule has 2 unspecified atom stereocenters. The van der Waals surface area contributed by atoms with Crippen LogP contribution < -0.4 is 9.47 Å². The highest BCUT2D eigenvalue weighted by Crippen LogP contribution is 2.41. The minimum atomic E-state index is 0.709. The number of likely N-dealkylation sites (tertiary alicyclic amines) is 1. The van der Waals surface area contributed by atoms with Crippen LogP contribution in [0.4, 0.5) is 0 Å². The van der Waals surface area contributed by atoms with Gasteiger partial charge in [-0.25, -0.2) is 4.98 Å². The first kappa shape index (κ1) is 24.3. The number of imidazole rings is 1. The number of methoxy groups -OCH3 is 2. The van der Waals surface area contributed by atoms with Gasteiger partial charge in [-0.1, -0.05) is 0 Å². The molecule has 4 aliphatic heterocycles. The molecule has 0 saturated carbocycles. The molecule has 1 aromatic carbocycles. The Hall–Kier alpha value is -2.05. The van der Waals surface area contributed by atoms with Gasteiger partial charge in [0.2, 0.25) is 0 Å². The van der Waals surface area contributed by atoms with Gasteiger partial charge < -0.3 is 18.9 Å². The van der Waals surface area contributed by atoms with Gasteiger partial charge in [-0.3, -0.25) is 4.90 Å². The van der Waals surface area contributed by atoms with E-state index in [2.05, 4.69) is 40.5 Å². The van der Waals surface area contributed by atoms with Gasteiger partial charge in [0.05, 0.1) is 19.9 Å². The van der Waals surface area contributed by atoms with E-state index in [1.807, 2.05) is 12.1 Å². The van der Waals surface area contributed by atoms with Crippen LogP contribution in [0, 0.1) is 11.8 Å². The highest BCUT2D eigenvalue weighted by molar-refractivity contribution is 5.63. The van der Waals surface area contributed by atoms with E-state index in [-0.39, 0.29) is 0 Å². The van der Waals surface area contributed by atoms with Gasteiger partial charge in [0.25, 0.3) is 0 Å². The predicted molar refractivity (Wildman–Crippen MR) is 144 cm³/mol. The first-order valence-electron chi connectivity index (χ1n) is 14.3. The van der Waals surface area contributed by atoms with E-state index in [4.69, 9.17) is 14.5 Å². The van der Waals surface area contributed by atoms with Gasteiger partial charge >= 0.3 is 0 Å². The molecule has 6 nitrogen and oxygen atoms in total. The summed E-state index contributed by atoms with van der Waals surface area (Å²) in [5, 5.41) is 0. The fourth-order valence-electron chi connectivity index (χ4n) is 8.07. The van der Waals surface area contributed by atoms with Gasteiger partial charge in [0.1, 0.15) is 5.82 Å². The third kappa shape index (κ3) is 4.45. The first-order valence-corrected chi connectivity index (χ1v) is 14.3. The molecule has 1 aromatic heterocycles. The van der Waals surface area contributed by atoms with Crippen molar-refractivity contribution in [1.82, 2.24) is 19.4 Å². The molecular weight excluding hydrogens is 448 g/mol. The van der Waals surface area contributed by atoms with Gasteiger partial charge in [0, 0.05) is 48.9 Å². The van der Waals surface area contributed by atoms with Crippen molar-refractivity contribution in [2.45, 2.75) is 95.9 Å². The Bertz CT molecular complexity index is 1040. The molecule has 3 atom stereocenters. The zero-order valence-electron chi connectivity index (χ0n) is 22.7. The van der Waals surface area contributed by atoms with Crippen molar-refractivity contribution in [3.8, 4) is 22.8 Å². The van der Waals surface area contributed by atoms with E-state index in [0.717, 1.165) is 65.7 Å². The summed E-state index contributed by atoms with van der Waals surface area (Å²) in [6, 6.07) is 9.31. The van der Waals surface area contributed by atoms with E-state index in [0.29, 0.717) is 6.04 Å². The van der Waals surface area contributed by atoms with Crippen molar-refractivity contribution in [2.75, 3.05) is 27.3 Å². The number of hydrogen-bond donors (Lipinski definition) is 0. The van der Waals surface area contributed by atoms with Crippen LogP contribution in [0.2, 0.25) is 0 Å². The molecule has 36 heavy (non-hydrogen) atoms. The molecule has 196 valence electrons. The van der Waals surface area contributed by atoms with Crippen LogP contribution in [0.15, 0.2) is 24.4 Å². The minimum absolute atomic E-state index is 0.709. The Morgan fingerprint density at radius 3 is 2.25 bits per heavy atom. The van der Waals surface area contributed by atoms with Gasteiger partial charge in [-0.05, 0) is 102 Å². The van der Waals surface area contributed by atoms with E-state index in [1.165, 1.54) is 63.9 Å². The smallest absolute Gasteiger partial charge is 0.161 e. The molecule has 5 heterocycles. The number of benzene rings is 1. The van der Waals surface area contributed by atoms with Gasteiger partial charge in [0.15, 0.2) is 11.5 Å². The summed E-state index contributed by atoms with van der Waals surface area (Å²) in [5.74, 6) is 4.39. The fourth-order valence-corrected chi connectivity index (χ4v) is 8.07. The van der Waals surface area contributed by atoms with Crippen molar-refractivity contribution < 1.29 is 9.47 Å². The Morgan fingerprint density at radius 2 is 1.58 bits per heavy atom. The summed E-state index contributed by atoms with van der Waals surface area (Å²) >= 11 is 0. The van der Waals surface area contributed by atoms with Crippen molar-refractivity contribution in [3.05, 3.63) is 30.2 Å². The molecule has 0 N–H and O–H groups in total. The highest BCUT2D eigenvalue weighted by atomic mass is 16.5. The van der Waals surface area contributed by atoms with Gasteiger partial charge in [-0.15, -0.1) is 0 Å². The minimum Gasteiger partial charge on any atom is -0.493 e. The number of nitrogens with zero attached hydrogens (tertiary/aromatic N) is 4. The van der Waals surface area contributed by atoms with Crippen molar-refractivity contribution in [3.63, 3.8) is 0 Å². The maximum absolute atomic E-state index is 5.51. The lowest BCUT2D eigenvalue weighted by Crippen LogP contribution is -2.54. The maximum Gasteiger partial charge on any atom is 0.161 e. The molecule has 0 spiro atoms. The first-order chi connectivity index (χ1) is 17.5. The van der Waals surface area contributed by atoms with E-state index in [1.54, 1.807) is 14.2 Å². The second kappa shape index (κ2) is 10.0. The lowest BCUT2D eigenvalue weighted by atomic mass is 9.79. The number of rotatable bonds is 6. The molecule has 2 bridgehead atoms. The second-order valence-corrected chi connectivity index (χ2v) is 12.0. The number of fused-ring (bicyclic) bond motifs is 3. The predicted octanol–water partition coefficient (Wildman–Crippen LogP) is 5.25. The summed E-state index contributed by atoms with van der Waals surface area (Å²) < 4.78 is 13.4. The van der Waals surface area contributed by atoms with E-state index < -0.39 is 0 Å². The summed E-state index contributed by atoms with van der Waals surface area (Å²) in [6.07, 6.45) is 13.0. The summed E-state index contributed by atoms with van der Waals surface area (Å²) in [4.78, 5) is 10.7. The maximum atomic E-state index is 5.51. The Labute approximate surface area is 217 Å². The normalized spacial score (nSPS) is 29.5. The molecule has 3 fully saturated rings. The van der Waals surface area contributed by atoms with Crippen LogP contribution in [0.1, 0.15) is 64.6 Å². The van der Waals surface area contributed by atoms with Crippen molar-refractivity contribution >= 4 is 0 Å². The van der Waals surface area contributed by atoms with Crippen molar-refractivity contribution in [2.24, 2.45) is 11.8 Å². The van der Waals surface area contributed by atoms with E-state index >= 15 is 0 Å². The molecule has 6 heteroatoms. The Kier molecular flexibility index (Phi) is 6.76. The third-order valence-electron chi connectivity index (χ3n) is 9.83. The topological polar surface area (TPSA) is 42.8 Å². The van der Waals surface area contributed by atoms with Crippen LogP contribution in [0.25, 0.3) is 11.3 Å². The second-order valence-electron chi connectivity index (χ2n) is 12.0. The molecule has 2 aromatic rings. The molecule has 0 amide bonds. The number of piperidine rings is 2. The SMILES string of the molecule is COc1ccc(-c2cn3c(n2)CC[C@@H](C2CCN(C4CC5CCC(C4)N5C(C)C)CC2)C3)cc1OC. The summed E-state index contributed by atoms with van der Waals surface area (Å²) in [6.45, 7) is 8.52. The van der Waals surface area contributed by atoms with Crippen molar-refractivity contribution in [1.29, 1.82) is 0 Å². The summed E-state index contributed by atoms with van der Waals surface area (Å²) in [7, 11) is 3.37. The third-order valence-corrected chi connectivity index (χ3v) is 9.83. The Balaban J connectivity index is 1.06. The average molecular weight is 493 g/mol. The number of aryl methyl sites for hydroxylation is 1. The standard InChI is InChI=1S/C30H44N4O2/c1-20(2)34-24-7-8-25(34)17-26(16-24)32-13-11-21(12-14-32)23-6-10-30-31-27(19-33(30)18-23)22-5-9-28(35-3)29(15-22)36-4/h5,9,15,19-21,23-26H,6-8,10-14,16-18H2,1-4H3/t23-,24?,25?,26?/m1/s1. The zero-order chi connectivity index (χ0) is 24.8. The molecule has 3 saturated heterocycles. The van der Waals surface area contributed by atoms with Crippen LogP contribution in [0.5, 0.6) is 11.5 Å². The molecule has 0 radical (unpaired) electrons. The highest BCUT2D eigenvalue weighted by Gasteiger charge is 2.44. The van der Waals surface area contributed by atoms with Gasteiger partial charge in [-0.2, -0.15) is 0 Å². The fraction of sp³-hybridized carbons (Fsp3) is 0.700. The van der Waals surface area contributed by atoms with E-state index in [9.17, 15) is 0 Å². The largest absolute Gasteiger partial charge is 0.493 e. The lowest BCUT2D eigenvalue weighted by Gasteiger charge is -2.47. The molecule has 0 aliphatic carbocycles. The number of hydrogen-bond acceptors (Lipinski definition) is 5. The monoisotopic (exact) mass is 492 g/mol. The zero-order valence-corrected chi connectivity index (χ0v) is 22.7. The molecule has 6 rings (SSSR count). The molecular formula is C30H44N4O2. The van der Waals surface area contributed by atoms with Crippen LogP contribution in [-0.4, -0.2) is 70.8 Å². The van der Waals surface area contributed by atoms with Crippen LogP contribution in [-0.2, 0) is 13.0 Å². The quantitative estimate of drug-likeness (QED) is 0.551. The number of ether oxygens (including phenoxy) is 2. The lowest BCUT2D eigenvalue weighted by molar-refractivity contribution is 0.0181.